The number of rotatable bonds is 4. The van der Waals surface area contributed by atoms with Crippen LogP contribution in [0.5, 0.6) is 0 Å². The van der Waals surface area contributed by atoms with Crippen LogP contribution in [0.25, 0.3) is 5.70 Å². The molecule has 4 rings (SSSR count). The first-order chi connectivity index (χ1) is 14.1. The lowest BCUT2D eigenvalue weighted by Crippen LogP contribution is -2.50. The van der Waals surface area contributed by atoms with E-state index in [4.69, 9.17) is 32.6 Å². The first-order valence-electron chi connectivity index (χ1n) is 8.40. The molecule has 160 valence electrons. The van der Waals surface area contributed by atoms with E-state index in [1.54, 1.807) is 0 Å². The second kappa shape index (κ2) is 7.56. The largest absolute Gasteiger partial charge is 0.428 e. The molecule has 0 bridgehead atoms. The van der Waals surface area contributed by atoms with E-state index in [9.17, 15) is 22.2 Å². The Balaban J connectivity index is 1.63. The fraction of sp³-hybridized carbons (Fsp3) is 0.294. The van der Waals surface area contributed by atoms with Gasteiger partial charge in [0.15, 0.2) is 0 Å². The van der Waals surface area contributed by atoms with Crippen LogP contribution in [-0.2, 0) is 21.2 Å². The fourth-order valence-electron chi connectivity index (χ4n) is 2.99. The number of carbonyl (C=O) groups is 1. The van der Waals surface area contributed by atoms with Crippen LogP contribution in [0.3, 0.4) is 0 Å². The van der Waals surface area contributed by atoms with E-state index in [1.165, 1.54) is 12.1 Å². The van der Waals surface area contributed by atoms with Crippen molar-refractivity contribution in [2.45, 2.75) is 17.8 Å². The molecule has 7 nitrogen and oxygen atoms in total. The number of aromatic nitrogens is 1. The van der Waals surface area contributed by atoms with Crippen molar-refractivity contribution >= 4 is 45.6 Å². The van der Waals surface area contributed by atoms with E-state index < -0.39 is 28.5 Å². The first kappa shape index (κ1) is 21.2. The summed E-state index contributed by atoms with van der Waals surface area (Å²) in [5.41, 5.74) is -1.26. The Morgan fingerprint density at radius 2 is 1.90 bits per heavy atom. The van der Waals surface area contributed by atoms with Gasteiger partial charge in [-0.1, -0.05) is 28.4 Å². The molecule has 1 saturated heterocycles. The van der Waals surface area contributed by atoms with Gasteiger partial charge in [0.05, 0.1) is 11.7 Å². The number of nitrogens with one attached hydrogen (secondary N) is 2. The number of benzene rings is 1. The highest BCUT2D eigenvalue weighted by molar-refractivity contribution is 7.86. The standard InChI is InChI=1S/C17H12Cl2F3N3O4S/c18-9-1-8(2-10(19)3-9)16(17(20,21)22)5-13(25-29-16)12-4-14(28-24-12)15(26)23-11-6-30(27)7-11/h1-5,11,25H,6-7H2,(H,23,26). The lowest BCUT2D eigenvalue weighted by molar-refractivity contribution is -0.269. The summed E-state index contributed by atoms with van der Waals surface area (Å²) in [6.45, 7) is 0. The first-order valence-corrected chi connectivity index (χ1v) is 10.6. The van der Waals surface area contributed by atoms with Gasteiger partial charge >= 0.3 is 6.18 Å². The molecule has 3 heterocycles. The van der Waals surface area contributed by atoms with E-state index in [-0.39, 0.29) is 38.8 Å². The van der Waals surface area contributed by atoms with E-state index >= 15 is 0 Å². The van der Waals surface area contributed by atoms with Crippen molar-refractivity contribution in [3.63, 3.8) is 0 Å². The second-order valence-corrected chi connectivity index (χ2v) is 9.09. The van der Waals surface area contributed by atoms with Crippen molar-refractivity contribution in [2.24, 2.45) is 0 Å². The topological polar surface area (TPSA) is 93.5 Å². The van der Waals surface area contributed by atoms with Gasteiger partial charge in [-0.2, -0.15) is 13.2 Å². The summed E-state index contributed by atoms with van der Waals surface area (Å²) in [7, 11) is -0.953. The van der Waals surface area contributed by atoms with Gasteiger partial charge in [-0.15, -0.1) is 0 Å². The molecular formula is C17H12Cl2F3N3O4S. The molecule has 0 saturated carbocycles. The summed E-state index contributed by atoms with van der Waals surface area (Å²) >= 11 is 11.7. The summed E-state index contributed by atoms with van der Waals surface area (Å²) in [5, 5.41) is 6.24. The van der Waals surface area contributed by atoms with Crippen LogP contribution in [-0.4, -0.2) is 39.0 Å². The minimum atomic E-state index is -4.88. The SMILES string of the molecule is O=C(NC1CS(=O)C1)c1cc(C2=CC(c3cc(Cl)cc(Cl)c3)(C(F)(F)F)ON2)no1. The Hall–Kier alpha value is -2.08. The average Bonchev–Trinajstić information content (AvgIpc) is 3.27. The van der Waals surface area contributed by atoms with Crippen LogP contribution in [0.1, 0.15) is 21.8 Å². The van der Waals surface area contributed by atoms with E-state index in [0.717, 1.165) is 18.2 Å². The number of hydrogen-bond donors (Lipinski definition) is 2. The molecule has 2 aromatic rings. The van der Waals surface area contributed by atoms with Gasteiger partial charge in [0.1, 0.15) is 5.69 Å². The van der Waals surface area contributed by atoms with Gasteiger partial charge in [0, 0.05) is 44.0 Å². The Labute approximate surface area is 179 Å². The van der Waals surface area contributed by atoms with Gasteiger partial charge in [-0.05, 0) is 24.3 Å². The van der Waals surface area contributed by atoms with E-state index in [2.05, 4.69) is 16.0 Å². The zero-order valence-corrected chi connectivity index (χ0v) is 17.1. The molecule has 1 atom stereocenters. The van der Waals surface area contributed by atoms with Crippen LogP contribution in [0.4, 0.5) is 13.2 Å². The molecule has 0 aliphatic carbocycles. The molecule has 2 aliphatic heterocycles. The maximum atomic E-state index is 14.0. The third-order valence-corrected chi connectivity index (χ3v) is 6.49. The molecule has 0 spiro atoms. The maximum Gasteiger partial charge on any atom is 0.428 e. The number of amides is 1. The van der Waals surface area contributed by atoms with Crippen molar-refractivity contribution in [3.05, 3.63) is 57.4 Å². The Bertz CT molecular complexity index is 1050. The summed E-state index contributed by atoms with van der Waals surface area (Å²) < 4.78 is 58.0. The summed E-state index contributed by atoms with van der Waals surface area (Å²) in [6, 6.07) is 4.40. The molecule has 30 heavy (non-hydrogen) atoms. The molecule has 1 fully saturated rings. The zero-order chi connectivity index (χ0) is 21.7. The third kappa shape index (κ3) is 3.82. The predicted molar refractivity (Wildman–Crippen MR) is 102 cm³/mol. The van der Waals surface area contributed by atoms with Crippen LogP contribution in [0, 0.1) is 0 Å². The van der Waals surface area contributed by atoms with Crippen molar-refractivity contribution in [1.82, 2.24) is 16.0 Å². The van der Waals surface area contributed by atoms with Gasteiger partial charge in [-0.25, -0.2) is 0 Å². The molecule has 13 heteroatoms. The van der Waals surface area contributed by atoms with Gasteiger partial charge in [0.25, 0.3) is 5.91 Å². The molecule has 1 aromatic carbocycles. The van der Waals surface area contributed by atoms with E-state index in [0.29, 0.717) is 11.5 Å². The van der Waals surface area contributed by atoms with Gasteiger partial charge in [0.2, 0.25) is 11.4 Å². The minimum absolute atomic E-state index is 0.00360. The quantitative estimate of drug-likeness (QED) is 0.696. The number of hydroxylamine groups is 1. The Morgan fingerprint density at radius 3 is 2.50 bits per heavy atom. The molecule has 1 unspecified atom stereocenters. The molecule has 1 amide bonds. The Morgan fingerprint density at radius 1 is 1.23 bits per heavy atom. The highest BCUT2D eigenvalue weighted by Crippen LogP contribution is 2.48. The number of hydrogen-bond acceptors (Lipinski definition) is 6. The average molecular weight is 482 g/mol. The zero-order valence-electron chi connectivity index (χ0n) is 14.8. The number of carbonyl (C=O) groups excluding carboxylic acids is 1. The van der Waals surface area contributed by atoms with Crippen molar-refractivity contribution in [3.8, 4) is 0 Å². The highest BCUT2D eigenvalue weighted by atomic mass is 35.5. The van der Waals surface area contributed by atoms with Crippen molar-refractivity contribution < 1.29 is 31.5 Å². The maximum absolute atomic E-state index is 14.0. The van der Waals surface area contributed by atoms with Crippen molar-refractivity contribution in [2.75, 3.05) is 11.5 Å². The van der Waals surface area contributed by atoms with Crippen LogP contribution >= 0.6 is 23.2 Å². The normalized spacial score (nSPS) is 26.0. The van der Waals surface area contributed by atoms with Crippen LogP contribution < -0.4 is 10.8 Å². The lowest BCUT2D eigenvalue weighted by Gasteiger charge is -2.28. The summed E-state index contributed by atoms with van der Waals surface area (Å²) in [5.74, 6) is -0.146. The Kier molecular flexibility index (Phi) is 5.33. The van der Waals surface area contributed by atoms with E-state index in [1.807, 2.05) is 0 Å². The monoisotopic (exact) mass is 481 g/mol. The predicted octanol–water partition coefficient (Wildman–Crippen LogP) is 3.18. The second-order valence-electron chi connectivity index (χ2n) is 6.67. The van der Waals surface area contributed by atoms with Gasteiger partial charge < -0.3 is 9.84 Å². The number of alkyl halides is 3. The van der Waals surface area contributed by atoms with Crippen LogP contribution in [0.15, 0.2) is 34.9 Å². The minimum Gasteiger partial charge on any atom is -0.350 e. The molecular weight excluding hydrogens is 470 g/mol. The van der Waals surface area contributed by atoms with Crippen molar-refractivity contribution in [1.29, 1.82) is 0 Å². The summed E-state index contributed by atoms with van der Waals surface area (Å²) in [6.07, 6.45) is -4.11. The lowest BCUT2D eigenvalue weighted by atomic mass is 9.92. The van der Waals surface area contributed by atoms with Gasteiger partial charge in [-0.3, -0.25) is 19.3 Å². The highest BCUT2D eigenvalue weighted by Gasteiger charge is 2.60. The summed E-state index contributed by atoms with van der Waals surface area (Å²) in [4.78, 5) is 17.1. The number of halogens is 5. The van der Waals surface area contributed by atoms with Crippen LogP contribution in [0.2, 0.25) is 10.0 Å². The third-order valence-electron chi connectivity index (χ3n) is 4.50. The molecule has 2 N–H and O–H groups in total. The molecule has 2 aliphatic rings. The molecule has 1 aromatic heterocycles. The molecule has 0 radical (unpaired) electrons. The number of nitrogens with zero attached hydrogens (tertiary/aromatic N) is 1. The fourth-order valence-corrected chi connectivity index (χ4v) is 4.48. The smallest absolute Gasteiger partial charge is 0.350 e.